The highest BCUT2D eigenvalue weighted by atomic mass is 32.5. The van der Waals surface area contributed by atoms with Crippen LogP contribution in [0.5, 0.6) is 5.75 Å². The molecule has 0 aliphatic rings. The minimum Gasteiger partial charge on any atom is -0.487 e. The van der Waals surface area contributed by atoms with Gasteiger partial charge in [0.25, 0.3) is 5.91 Å². The monoisotopic (exact) mass is 517 g/mol. The van der Waals surface area contributed by atoms with Gasteiger partial charge in [0.05, 0.1) is 5.56 Å². The van der Waals surface area contributed by atoms with Gasteiger partial charge in [-0.1, -0.05) is 82.7 Å². The molecule has 0 saturated carbocycles. The zero-order chi connectivity index (χ0) is 26.3. The smallest absolute Gasteiger partial charge is 0.326 e. The van der Waals surface area contributed by atoms with Crippen LogP contribution in [0.2, 0.25) is 0 Å². The highest BCUT2D eigenvalue weighted by molar-refractivity contribution is 8.45. The third-order valence-electron chi connectivity index (χ3n) is 5.26. The van der Waals surface area contributed by atoms with E-state index in [1.807, 2.05) is 0 Å². The van der Waals surface area contributed by atoms with Crippen LogP contribution in [-0.4, -0.2) is 23.0 Å². The number of nitrogens with one attached hydrogen (secondary N) is 1. The van der Waals surface area contributed by atoms with Crippen molar-refractivity contribution in [3.63, 3.8) is 0 Å². The average Bonchev–Trinajstić information content (AvgIpc) is 2.73. The second kappa shape index (κ2) is 8.11. The molecule has 5 nitrogen and oxygen atoms in total. The van der Waals surface area contributed by atoms with Crippen LogP contribution in [0.15, 0.2) is 65.6 Å². The van der Waals surface area contributed by atoms with Crippen LogP contribution in [0, 0.1) is 5.41 Å². The fourth-order valence-corrected chi connectivity index (χ4v) is 4.08. The number of aliphatic carboxylic acids is 1. The van der Waals surface area contributed by atoms with Crippen LogP contribution >= 0.6 is 10.2 Å². The molecule has 3 aromatic carbocycles. The van der Waals surface area contributed by atoms with Crippen LogP contribution in [0.4, 0.5) is 19.4 Å². The van der Waals surface area contributed by atoms with Crippen LogP contribution in [-0.2, 0) is 11.4 Å². The molecule has 0 aliphatic heterocycles. The summed E-state index contributed by atoms with van der Waals surface area (Å²) in [6.07, 6.45) is 0. The first-order valence-corrected chi connectivity index (χ1v) is 12.3. The van der Waals surface area contributed by atoms with Gasteiger partial charge < -0.3 is 15.2 Å². The van der Waals surface area contributed by atoms with Gasteiger partial charge in [0.1, 0.15) is 23.3 Å². The van der Waals surface area contributed by atoms with E-state index in [9.17, 15) is 34.1 Å². The number of ether oxygens (including phenoxy) is 1. The van der Waals surface area contributed by atoms with Gasteiger partial charge in [0.2, 0.25) is 0 Å². The third kappa shape index (κ3) is 6.21. The van der Waals surface area contributed by atoms with E-state index in [2.05, 4.69) is 5.32 Å². The fraction of sp³-hybridized carbons (Fsp3) is 0.250. The molecule has 1 amide bonds. The summed E-state index contributed by atoms with van der Waals surface area (Å²) in [5, 5.41) is 13.2. The molecule has 0 radical (unpaired) electrons. The number of benzene rings is 3. The minimum atomic E-state index is -9.80. The first-order chi connectivity index (χ1) is 15.9. The van der Waals surface area contributed by atoms with E-state index in [4.69, 9.17) is 4.74 Å². The van der Waals surface area contributed by atoms with E-state index in [-0.39, 0.29) is 35.6 Å². The molecule has 1 atom stereocenters. The van der Waals surface area contributed by atoms with Crippen molar-refractivity contribution in [1.82, 2.24) is 5.32 Å². The van der Waals surface area contributed by atoms with E-state index in [0.717, 1.165) is 12.1 Å². The molecule has 0 saturated heterocycles. The van der Waals surface area contributed by atoms with Gasteiger partial charge in [-0.2, -0.15) is 0 Å². The number of amides is 1. The molecule has 0 aromatic heterocycles. The molecular formula is C24H24F5NO4S. The number of fused-ring (bicyclic) bond motifs is 1. The summed E-state index contributed by atoms with van der Waals surface area (Å²) in [6.45, 7) is 4.64. The van der Waals surface area contributed by atoms with Gasteiger partial charge in [-0.25, -0.2) is 4.79 Å². The highest BCUT2D eigenvalue weighted by Crippen LogP contribution is 3.02. The predicted molar refractivity (Wildman–Crippen MR) is 124 cm³/mol. The minimum absolute atomic E-state index is 0.0165. The Morgan fingerprint density at radius 3 is 2.09 bits per heavy atom. The molecule has 0 heterocycles. The molecule has 2 N–H and O–H groups in total. The summed E-state index contributed by atoms with van der Waals surface area (Å²) < 4.78 is 70.7. The summed E-state index contributed by atoms with van der Waals surface area (Å²) in [5.74, 6) is -1.86. The number of hydrogen-bond donors (Lipinski definition) is 2. The topological polar surface area (TPSA) is 75.6 Å². The van der Waals surface area contributed by atoms with E-state index in [1.54, 1.807) is 51.1 Å². The summed E-state index contributed by atoms with van der Waals surface area (Å²) in [5.41, 5.74) is -0.625. The molecule has 0 aliphatic carbocycles. The Morgan fingerprint density at radius 1 is 0.943 bits per heavy atom. The Hall–Kier alpha value is -3.34. The Bertz CT molecular complexity index is 1290. The van der Waals surface area contributed by atoms with Crippen molar-refractivity contribution in [2.45, 2.75) is 38.3 Å². The van der Waals surface area contributed by atoms with Gasteiger partial charge in [0, 0.05) is 5.39 Å². The lowest BCUT2D eigenvalue weighted by atomic mass is 9.86. The van der Waals surface area contributed by atoms with Gasteiger partial charge in [-0.05, 0) is 34.6 Å². The second-order valence-corrected chi connectivity index (χ2v) is 11.6. The van der Waals surface area contributed by atoms with Gasteiger partial charge in [-0.15, -0.1) is 0 Å². The average molecular weight is 518 g/mol. The Labute approximate surface area is 198 Å². The molecular weight excluding hydrogens is 493 g/mol. The lowest BCUT2D eigenvalue weighted by Crippen LogP contribution is -2.49. The quantitative estimate of drug-likeness (QED) is 0.322. The molecule has 0 fully saturated rings. The second-order valence-electron chi connectivity index (χ2n) is 9.18. The SMILES string of the molecule is CC(C)(C)[C@H](NC(=O)c1ccc2ccccc2c1OCc1ccc(S(F)(F)(F)(F)F)cc1)C(=O)O. The zero-order valence-corrected chi connectivity index (χ0v) is 19.8. The number of carbonyl (C=O) groups is 2. The van der Waals surface area contributed by atoms with Crippen molar-refractivity contribution in [3.8, 4) is 5.75 Å². The Kier molecular flexibility index (Phi) is 6.09. The summed E-state index contributed by atoms with van der Waals surface area (Å²) in [7, 11) is -9.80. The normalized spacial score (nSPS) is 15.1. The van der Waals surface area contributed by atoms with Crippen molar-refractivity contribution in [1.29, 1.82) is 0 Å². The molecule has 35 heavy (non-hydrogen) atoms. The Balaban J connectivity index is 1.95. The molecule has 190 valence electrons. The van der Waals surface area contributed by atoms with Gasteiger partial charge in [-0.3, -0.25) is 4.79 Å². The molecule has 0 spiro atoms. The largest absolute Gasteiger partial charge is 0.487 e. The van der Waals surface area contributed by atoms with Crippen molar-refractivity contribution in [2.24, 2.45) is 5.41 Å². The Morgan fingerprint density at radius 2 is 1.54 bits per heavy atom. The number of halogens is 5. The first kappa shape index (κ1) is 26.3. The lowest BCUT2D eigenvalue weighted by Gasteiger charge is -2.40. The van der Waals surface area contributed by atoms with Crippen LogP contribution in [0.25, 0.3) is 10.8 Å². The molecule has 3 rings (SSSR count). The van der Waals surface area contributed by atoms with Crippen LogP contribution in [0.3, 0.4) is 0 Å². The maximum absolute atomic E-state index is 13.0. The third-order valence-corrected chi connectivity index (χ3v) is 6.43. The summed E-state index contributed by atoms with van der Waals surface area (Å²) >= 11 is 0. The number of carboxylic acid groups (broad SMARTS) is 1. The summed E-state index contributed by atoms with van der Waals surface area (Å²) in [6, 6.07) is 11.1. The van der Waals surface area contributed by atoms with E-state index in [0.29, 0.717) is 10.8 Å². The number of hydrogen-bond acceptors (Lipinski definition) is 3. The van der Waals surface area contributed by atoms with E-state index < -0.39 is 38.5 Å². The highest BCUT2D eigenvalue weighted by Gasteiger charge is 2.65. The van der Waals surface area contributed by atoms with Crippen molar-refractivity contribution in [2.75, 3.05) is 0 Å². The number of carbonyl (C=O) groups excluding carboxylic acids is 1. The van der Waals surface area contributed by atoms with E-state index in [1.165, 1.54) is 6.07 Å². The zero-order valence-electron chi connectivity index (χ0n) is 19.0. The van der Waals surface area contributed by atoms with Crippen molar-refractivity contribution < 1.29 is 38.9 Å². The van der Waals surface area contributed by atoms with Crippen molar-refractivity contribution >= 4 is 32.9 Å². The first-order valence-electron chi connectivity index (χ1n) is 10.4. The van der Waals surface area contributed by atoms with Crippen LogP contribution in [0.1, 0.15) is 36.7 Å². The standard InChI is InChI=1S/C24H24F5NO4S/c1-24(2,3)21(23(32)33)30-22(31)19-13-10-16-6-4-5-7-18(16)20(19)34-14-15-8-11-17(12-9-15)35(25,26,27,28)29/h4-13,21H,14H2,1-3H3,(H,30,31)(H,32,33)/t21-/m1/s1. The summed E-state index contributed by atoms with van der Waals surface area (Å²) in [4.78, 5) is 22.7. The van der Waals surface area contributed by atoms with Crippen molar-refractivity contribution in [3.05, 3.63) is 71.8 Å². The van der Waals surface area contributed by atoms with Crippen LogP contribution < -0.4 is 10.1 Å². The lowest BCUT2D eigenvalue weighted by molar-refractivity contribution is -0.142. The number of carboxylic acids is 1. The maximum Gasteiger partial charge on any atom is 0.326 e. The molecule has 11 heteroatoms. The molecule has 3 aromatic rings. The molecule has 0 unspecified atom stereocenters. The number of rotatable bonds is 7. The molecule has 0 bridgehead atoms. The van der Waals surface area contributed by atoms with Gasteiger partial charge in [0.15, 0.2) is 0 Å². The predicted octanol–water partition coefficient (Wildman–Crippen LogP) is 7.31. The van der Waals surface area contributed by atoms with E-state index >= 15 is 0 Å². The maximum atomic E-state index is 13.0. The van der Waals surface area contributed by atoms with Gasteiger partial charge >= 0.3 is 16.2 Å². The fourth-order valence-electron chi connectivity index (χ4n) is 3.43.